The van der Waals surface area contributed by atoms with Crippen molar-refractivity contribution in [1.29, 1.82) is 0 Å². The van der Waals surface area contributed by atoms with Gasteiger partial charge in [0.1, 0.15) is 0 Å². The Morgan fingerprint density at radius 1 is 1.00 bits per heavy atom. The number of benzene rings is 1. The molecule has 1 unspecified atom stereocenters. The average molecular weight is 293 g/mol. The van der Waals surface area contributed by atoms with E-state index in [4.69, 9.17) is 11.6 Å². The van der Waals surface area contributed by atoms with Gasteiger partial charge in [-0.2, -0.15) is 0 Å². The standard InChI is InChI=1S/C19H29Cl/c1-2-3-4-8-11-19(20)18-14-12-17(13-15-18)16-9-6-5-7-10-16/h12-16,19H,2-11H2,1H3. The predicted octanol–water partition coefficient (Wildman–Crippen LogP) is 6.98. The van der Waals surface area contributed by atoms with Crippen LogP contribution >= 0.6 is 11.6 Å². The van der Waals surface area contributed by atoms with E-state index in [1.54, 1.807) is 0 Å². The molecule has 112 valence electrons. The Morgan fingerprint density at radius 2 is 1.70 bits per heavy atom. The van der Waals surface area contributed by atoms with Gasteiger partial charge in [0.05, 0.1) is 5.38 Å². The van der Waals surface area contributed by atoms with E-state index in [-0.39, 0.29) is 5.38 Å². The number of alkyl halides is 1. The van der Waals surface area contributed by atoms with Gasteiger partial charge >= 0.3 is 0 Å². The minimum atomic E-state index is 0.201. The van der Waals surface area contributed by atoms with Crippen LogP contribution < -0.4 is 0 Å². The smallest absolute Gasteiger partial charge is 0.0585 e. The van der Waals surface area contributed by atoms with E-state index in [9.17, 15) is 0 Å². The summed E-state index contributed by atoms with van der Waals surface area (Å²) in [5.41, 5.74) is 2.84. The summed E-state index contributed by atoms with van der Waals surface area (Å²) in [7, 11) is 0. The fraction of sp³-hybridized carbons (Fsp3) is 0.684. The molecule has 1 aliphatic rings. The first-order valence-electron chi connectivity index (χ1n) is 8.55. The van der Waals surface area contributed by atoms with E-state index < -0.39 is 0 Å². The van der Waals surface area contributed by atoms with Gasteiger partial charge in [-0.15, -0.1) is 11.6 Å². The number of hydrogen-bond donors (Lipinski definition) is 0. The molecular weight excluding hydrogens is 264 g/mol. The molecule has 0 radical (unpaired) electrons. The second kappa shape index (κ2) is 8.72. The molecule has 0 aliphatic heterocycles. The topological polar surface area (TPSA) is 0 Å². The van der Waals surface area contributed by atoms with Crippen molar-refractivity contribution in [3.8, 4) is 0 Å². The van der Waals surface area contributed by atoms with Crippen molar-refractivity contribution in [2.75, 3.05) is 0 Å². The highest BCUT2D eigenvalue weighted by Gasteiger charge is 2.16. The first-order chi connectivity index (χ1) is 9.81. The molecule has 0 spiro atoms. The van der Waals surface area contributed by atoms with Gasteiger partial charge < -0.3 is 0 Å². The van der Waals surface area contributed by atoms with Crippen molar-refractivity contribution < 1.29 is 0 Å². The summed E-state index contributed by atoms with van der Waals surface area (Å²) >= 11 is 6.52. The lowest BCUT2D eigenvalue weighted by Gasteiger charge is -2.22. The van der Waals surface area contributed by atoms with E-state index in [1.165, 1.54) is 68.9 Å². The van der Waals surface area contributed by atoms with Gasteiger partial charge in [-0.25, -0.2) is 0 Å². The van der Waals surface area contributed by atoms with Crippen LogP contribution in [0.4, 0.5) is 0 Å². The van der Waals surface area contributed by atoms with Gasteiger partial charge in [0.25, 0.3) is 0 Å². The van der Waals surface area contributed by atoms with E-state index in [1.807, 2.05) is 0 Å². The van der Waals surface area contributed by atoms with Crippen LogP contribution in [0.1, 0.15) is 93.6 Å². The van der Waals surface area contributed by atoms with E-state index in [2.05, 4.69) is 31.2 Å². The van der Waals surface area contributed by atoms with Crippen LogP contribution in [-0.2, 0) is 0 Å². The molecule has 1 heteroatoms. The van der Waals surface area contributed by atoms with E-state index >= 15 is 0 Å². The molecule has 1 fully saturated rings. The highest BCUT2D eigenvalue weighted by atomic mass is 35.5. The average Bonchev–Trinajstić information content (AvgIpc) is 2.52. The quantitative estimate of drug-likeness (QED) is 0.375. The normalized spacial score (nSPS) is 18.1. The third-order valence-corrected chi connectivity index (χ3v) is 5.16. The molecule has 1 aliphatic carbocycles. The summed E-state index contributed by atoms with van der Waals surface area (Å²) in [6.45, 7) is 2.25. The molecule has 0 heterocycles. The molecule has 0 saturated heterocycles. The molecule has 0 amide bonds. The lowest BCUT2D eigenvalue weighted by molar-refractivity contribution is 0.443. The van der Waals surface area contributed by atoms with Gasteiger partial charge in [-0.05, 0) is 36.3 Å². The molecule has 0 aromatic heterocycles. The molecule has 1 atom stereocenters. The summed E-state index contributed by atoms with van der Waals surface area (Å²) in [6, 6.07) is 9.18. The minimum absolute atomic E-state index is 0.201. The Morgan fingerprint density at radius 3 is 2.35 bits per heavy atom. The number of unbranched alkanes of at least 4 members (excludes halogenated alkanes) is 3. The molecule has 0 N–H and O–H groups in total. The largest absolute Gasteiger partial charge is 0.118 e. The van der Waals surface area contributed by atoms with Crippen LogP contribution in [0.5, 0.6) is 0 Å². The van der Waals surface area contributed by atoms with Crippen molar-refractivity contribution in [2.24, 2.45) is 0 Å². The van der Waals surface area contributed by atoms with Gasteiger partial charge in [-0.1, -0.05) is 76.1 Å². The number of hydrogen-bond acceptors (Lipinski definition) is 0. The second-order valence-corrected chi connectivity index (χ2v) is 6.85. The van der Waals surface area contributed by atoms with Gasteiger partial charge in [0.15, 0.2) is 0 Å². The van der Waals surface area contributed by atoms with Crippen molar-refractivity contribution in [3.05, 3.63) is 35.4 Å². The molecule has 1 saturated carbocycles. The predicted molar refractivity (Wildman–Crippen MR) is 89.6 cm³/mol. The summed E-state index contributed by atoms with van der Waals surface area (Å²) in [5.74, 6) is 0.802. The summed E-state index contributed by atoms with van der Waals surface area (Å²) in [6.07, 6.45) is 13.3. The first kappa shape index (κ1) is 15.9. The zero-order chi connectivity index (χ0) is 14.2. The van der Waals surface area contributed by atoms with Crippen molar-refractivity contribution in [3.63, 3.8) is 0 Å². The fourth-order valence-electron chi connectivity index (χ4n) is 3.33. The maximum absolute atomic E-state index is 6.52. The Kier molecular flexibility index (Phi) is 6.93. The third-order valence-electron chi connectivity index (χ3n) is 4.69. The maximum Gasteiger partial charge on any atom is 0.0585 e. The van der Waals surface area contributed by atoms with Crippen LogP contribution in [0.3, 0.4) is 0 Å². The zero-order valence-electron chi connectivity index (χ0n) is 12.9. The molecule has 0 nitrogen and oxygen atoms in total. The fourth-order valence-corrected chi connectivity index (χ4v) is 3.63. The molecule has 1 aromatic carbocycles. The Balaban J connectivity index is 1.83. The molecular formula is C19H29Cl. The lowest BCUT2D eigenvalue weighted by Crippen LogP contribution is -2.04. The van der Waals surface area contributed by atoms with Crippen LogP contribution in [-0.4, -0.2) is 0 Å². The van der Waals surface area contributed by atoms with Crippen LogP contribution in [0.2, 0.25) is 0 Å². The highest BCUT2D eigenvalue weighted by molar-refractivity contribution is 6.20. The Hall–Kier alpha value is -0.490. The van der Waals surface area contributed by atoms with Crippen LogP contribution in [0, 0.1) is 0 Å². The molecule has 2 rings (SSSR count). The molecule has 0 bridgehead atoms. The summed E-state index contributed by atoms with van der Waals surface area (Å²) in [5, 5.41) is 0.201. The SMILES string of the molecule is CCCCCCC(Cl)c1ccc(C2CCCCC2)cc1. The van der Waals surface area contributed by atoms with Crippen molar-refractivity contribution >= 4 is 11.6 Å². The van der Waals surface area contributed by atoms with Gasteiger partial charge in [0, 0.05) is 0 Å². The number of halogens is 1. The zero-order valence-corrected chi connectivity index (χ0v) is 13.7. The third kappa shape index (κ3) is 4.81. The maximum atomic E-state index is 6.52. The monoisotopic (exact) mass is 292 g/mol. The molecule has 20 heavy (non-hydrogen) atoms. The second-order valence-electron chi connectivity index (χ2n) is 6.32. The highest BCUT2D eigenvalue weighted by Crippen LogP contribution is 2.34. The Bertz CT molecular complexity index is 362. The molecule has 1 aromatic rings. The van der Waals surface area contributed by atoms with Crippen LogP contribution in [0.15, 0.2) is 24.3 Å². The Labute approximate surface area is 129 Å². The van der Waals surface area contributed by atoms with E-state index in [0.717, 1.165) is 12.3 Å². The van der Waals surface area contributed by atoms with Crippen molar-refractivity contribution in [2.45, 2.75) is 82.4 Å². The minimum Gasteiger partial charge on any atom is -0.118 e. The van der Waals surface area contributed by atoms with Crippen LogP contribution in [0.25, 0.3) is 0 Å². The number of rotatable bonds is 7. The summed E-state index contributed by atoms with van der Waals surface area (Å²) in [4.78, 5) is 0. The first-order valence-corrected chi connectivity index (χ1v) is 8.99. The van der Waals surface area contributed by atoms with Crippen molar-refractivity contribution in [1.82, 2.24) is 0 Å². The van der Waals surface area contributed by atoms with Gasteiger partial charge in [0.2, 0.25) is 0 Å². The lowest BCUT2D eigenvalue weighted by atomic mass is 9.84. The van der Waals surface area contributed by atoms with E-state index in [0.29, 0.717) is 0 Å². The summed E-state index contributed by atoms with van der Waals surface area (Å²) < 4.78 is 0. The van der Waals surface area contributed by atoms with Gasteiger partial charge in [-0.3, -0.25) is 0 Å².